The van der Waals surface area contributed by atoms with Gasteiger partial charge in [0.2, 0.25) is 0 Å². The quantitative estimate of drug-likeness (QED) is 0.573. The maximum absolute atomic E-state index is 11.9. The van der Waals surface area contributed by atoms with E-state index in [-0.39, 0.29) is 12.5 Å². The fraction of sp³-hybridized carbons (Fsp3) is 0.467. The van der Waals surface area contributed by atoms with Crippen molar-refractivity contribution in [1.29, 1.82) is 0 Å². The first kappa shape index (κ1) is 17.5. The fourth-order valence-corrected chi connectivity index (χ4v) is 2.05. The number of esters is 1. The Labute approximate surface area is 133 Å². The highest BCUT2D eigenvalue weighted by Gasteiger charge is 2.11. The van der Waals surface area contributed by atoms with Gasteiger partial charge in [0, 0.05) is 5.56 Å². The molecule has 0 saturated heterocycles. The Kier molecular flexibility index (Phi) is 7.82. The molecular weight excluding hydrogens is 338 g/mol. The molecule has 21 heavy (non-hydrogen) atoms. The molecule has 0 aliphatic heterocycles. The van der Waals surface area contributed by atoms with E-state index in [1.54, 1.807) is 25.1 Å². The van der Waals surface area contributed by atoms with E-state index in [1.807, 2.05) is 0 Å². The lowest BCUT2D eigenvalue weighted by Crippen LogP contribution is -2.30. The maximum Gasteiger partial charge on any atom is 0.325 e. The van der Waals surface area contributed by atoms with Gasteiger partial charge < -0.3 is 14.8 Å². The molecule has 0 atom stereocenters. The van der Waals surface area contributed by atoms with Crippen LogP contribution in [-0.4, -0.2) is 31.6 Å². The highest BCUT2D eigenvalue weighted by Crippen LogP contribution is 2.26. The Morgan fingerprint density at radius 3 is 2.67 bits per heavy atom. The second-order valence-electron chi connectivity index (χ2n) is 4.33. The number of carbonyl (C=O) groups excluding carboxylic acids is 2. The number of benzene rings is 1. The minimum atomic E-state index is -0.454. The van der Waals surface area contributed by atoms with Gasteiger partial charge in [-0.25, -0.2) is 0 Å². The van der Waals surface area contributed by atoms with E-state index in [4.69, 9.17) is 9.47 Å². The van der Waals surface area contributed by atoms with E-state index in [1.165, 1.54) is 0 Å². The van der Waals surface area contributed by atoms with Gasteiger partial charge in [-0.3, -0.25) is 9.59 Å². The summed E-state index contributed by atoms with van der Waals surface area (Å²) < 4.78 is 11.0. The Hall–Kier alpha value is -1.56. The second-order valence-corrected chi connectivity index (χ2v) is 5.19. The topological polar surface area (TPSA) is 64.6 Å². The summed E-state index contributed by atoms with van der Waals surface area (Å²) in [5.41, 5.74) is 0.453. The SMILES string of the molecule is CCCCOc1ccc(C(=O)NCC(=O)OCC)cc1Br. The van der Waals surface area contributed by atoms with Crippen LogP contribution in [-0.2, 0) is 9.53 Å². The molecule has 0 aliphatic rings. The van der Waals surface area contributed by atoms with Gasteiger partial charge in [-0.1, -0.05) is 13.3 Å². The van der Waals surface area contributed by atoms with Crippen molar-refractivity contribution in [2.75, 3.05) is 19.8 Å². The Morgan fingerprint density at radius 2 is 2.05 bits per heavy atom. The van der Waals surface area contributed by atoms with Crippen molar-refractivity contribution in [3.8, 4) is 5.75 Å². The molecule has 0 saturated carbocycles. The summed E-state index contributed by atoms with van der Waals surface area (Å²) >= 11 is 3.38. The van der Waals surface area contributed by atoms with Gasteiger partial charge in [0.05, 0.1) is 17.7 Å². The highest BCUT2D eigenvalue weighted by atomic mass is 79.9. The van der Waals surface area contributed by atoms with Crippen molar-refractivity contribution in [2.45, 2.75) is 26.7 Å². The molecule has 0 unspecified atom stereocenters. The van der Waals surface area contributed by atoms with Crippen LogP contribution in [0.4, 0.5) is 0 Å². The predicted octanol–water partition coefficient (Wildman–Crippen LogP) is 2.92. The van der Waals surface area contributed by atoms with E-state index >= 15 is 0 Å². The Morgan fingerprint density at radius 1 is 1.29 bits per heavy atom. The largest absolute Gasteiger partial charge is 0.492 e. The van der Waals surface area contributed by atoms with Crippen LogP contribution in [0.15, 0.2) is 22.7 Å². The molecule has 0 aromatic heterocycles. The van der Waals surface area contributed by atoms with Gasteiger partial charge in [-0.05, 0) is 47.5 Å². The van der Waals surface area contributed by atoms with Gasteiger partial charge in [0.1, 0.15) is 12.3 Å². The number of rotatable bonds is 8. The van der Waals surface area contributed by atoms with Crippen LogP contribution in [0, 0.1) is 0 Å². The van der Waals surface area contributed by atoms with Crippen LogP contribution in [0.2, 0.25) is 0 Å². The standard InChI is InChI=1S/C15H20BrNO4/c1-3-5-8-21-13-7-6-11(9-12(13)16)15(19)17-10-14(18)20-4-2/h6-7,9H,3-5,8,10H2,1-2H3,(H,17,19). The van der Waals surface area contributed by atoms with Crippen molar-refractivity contribution in [3.63, 3.8) is 0 Å². The third-order valence-corrected chi connectivity index (χ3v) is 3.27. The number of nitrogens with one attached hydrogen (secondary N) is 1. The van der Waals surface area contributed by atoms with Crippen LogP contribution in [0.25, 0.3) is 0 Å². The van der Waals surface area contributed by atoms with Crippen molar-refractivity contribution >= 4 is 27.8 Å². The van der Waals surface area contributed by atoms with Crippen molar-refractivity contribution < 1.29 is 19.1 Å². The van der Waals surface area contributed by atoms with Gasteiger partial charge in [0.25, 0.3) is 5.91 Å². The first-order chi connectivity index (χ1) is 10.1. The van der Waals surface area contributed by atoms with Crippen LogP contribution < -0.4 is 10.1 Å². The summed E-state index contributed by atoms with van der Waals surface area (Å²) in [5.74, 6) is -0.0845. The summed E-state index contributed by atoms with van der Waals surface area (Å²) in [4.78, 5) is 23.1. The van der Waals surface area contributed by atoms with E-state index in [2.05, 4.69) is 28.2 Å². The number of halogens is 1. The molecule has 116 valence electrons. The molecule has 5 nitrogen and oxygen atoms in total. The predicted molar refractivity (Wildman–Crippen MR) is 83.5 cm³/mol. The molecule has 1 amide bonds. The zero-order valence-corrected chi connectivity index (χ0v) is 13.9. The molecule has 0 aliphatic carbocycles. The lowest BCUT2D eigenvalue weighted by molar-refractivity contribution is -0.141. The van der Waals surface area contributed by atoms with Crippen LogP contribution in [0.3, 0.4) is 0 Å². The molecule has 1 rings (SSSR count). The summed E-state index contributed by atoms with van der Waals surface area (Å²) in [6.45, 7) is 4.61. The number of hydrogen-bond acceptors (Lipinski definition) is 4. The zero-order chi connectivity index (χ0) is 15.7. The molecule has 0 fully saturated rings. The smallest absolute Gasteiger partial charge is 0.325 e. The summed E-state index contributed by atoms with van der Waals surface area (Å²) in [6.07, 6.45) is 2.04. The van der Waals surface area contributed by atoms with Crippen LogP contribution in [0.5, 0.6) is 5.75 Å². The number of ether oxygens (including phenoxy) is 2. The molecule has 0 radical (unpaired) electrons. The van der Waals surface area contributed by atoms with E-state index in [0.717, 1.165) is 12.8 Å². The average molecular weight is 358 g/mol. The lowest BCUT2D eigenvalue weighted by atomic mass is 10.2. The van der Waals surface area contributed by atoms with Crippen molar-refractivity contribution in [3.05, 3.63) is 28.2 Å². The maximum atomic E-state index is 11.9. The summed E-state index contributed by atoms with van der Waals surface area (Å²) in [7, 11) is 0. The number of amides is 1. The molecular formula is C15H20BrNO4. The van der Waals surface area contributed by atoms with Gasteiger partial charge in [-0.2, -0.15) is 0 Å². The average Bonchev–Trinajstić information content (AvgIpc) is 2.47. The summed E-state index contributed by atoms with van der Waals surface area (Å²) in [5, 5.41) is 2.51. The van der Waals surface area contributed by atoms with Gasteiger partial charge >= 0.3 is 5.97 Å². The number of hydrogen-bond donors (Lipinski definition) is 1. The molecule has 1 N–H and O–H groups in total. The van der Waals surface area contributed by atoms with Gasteiger partial charge in [0.15, 0.2) is 0 Å². The third-order valence-electron chi connectivity index (χ3n) is 2.65. The fourth-order valence-electron chi connectivity index (χ4n) is 1.55. The van der Waals surface area contributed by atoms with Crippen LogP contribution in [0.1, 0.15) is 37.0 Å². The molecule has 0 heterocycles. The monoisotopic (exact) mass is 357 g/mol. The molecule has 0 bridgehead atoms. The van der Waals surface area contributed by atoms with Crippen molar-refractivity contribution in [2.24, 2.45) is 0 Å². The molecule has 1 aromatic rings. The van der Waals surface area contributed by atoms with E-state index in [9.17, 15) is 9.59 Å². The number of carbonyl (C=O) groups is 2. The van der Waals surface area contributed by atoms with Gasteiger partial charge in [-0.15, -0.1) is 0 Å². The minimum absolute atomic E-state index is 0.140. The first-order valence-corrected chi connectivity index (χ1v) is 7.74. The van der Waals surface area contributed by atoms with Crippen molar-refractivity contribution in [1.82, 2.24) is 5.32 Å². The number of unbranched alkanes of at least 4 members (excludes halogenated alkanes) is 1. The second kappa shape index (κ2) is 9.39. The lowest BCUT2D eigenvalue weighted by Gasteiger charge is -2.09. The molecule has 6 heteroatoms. The third kappa shape index (κ3) is 6.16. The highest BCUT2D eigenvalue weighted by molar-refractivity contribution is 9.10. The minimum Gasteiger partial charge on any atom is -0.492 e. The first-order valence-electron chi connectivity index (χ1n) is 6.94. The van der Waals surface area contributed by atoms with E-state index in [0.29, 0.717) is 29.0 Å². The summed E-state index contributed by atoms with van der Waals surface area (Å²) in [6, 6.07) is 5.06. The normalized spacial score (nSPS) is 10.0. The molecule has 1 aromatic carbocycles. The van der Waals surface area contributed by atoms with E-state index < -0.39 is 5.97 Å². The van der Waals surface area contributed by atoms with Crippen LogP contribution >= 0.6 is 15.9 Å². The Bertz CT molecular complexity index is 491. The zero-order valence-electron chi connectivity index (χ0n) is 12.3. The molecule has 0 spiro atoms. The Balaban J connectivity index is 2.57.